The van der Waals surface area contributed by atoms with Crippen LogP contribution < -0.4 is 9.47 Å². The summed E-state index contributed by atoms with van der Waals surface area (Å²) in [7, 11) is 0. The summed E-state index contributed by atoms with van der Waals surface area (Å²) in [6.07, 6.45) is 0. The molecule has 1 heterocycles. The summed E-state index contributed by atoms with van der Waals surface area (Å²) in [5.74, 6) is -4.66. The fourth-order valence-corrected chi connectivity index (χ4v) is 1.65. The lowest BCUT2D eigenvalue weighted by Gasteiger charge is -2.21. The van der Waals surface area contributed by atoms with Crippen LogP contribution in [-0.4, -0.2) is 36.7 Å². The third kappa shape index (κ3) is 2.31. The molecule has 0 aliphatic carbocycles. The third-order valence-electron chi connectivity index (χ3n) is 2.44. The maximum atomic E-state index is 13.8. The summed E-state index contributed by atoms with van der Waals surface area (Å²) >= 11 is 0. The number of aromatic hydroxyl groups is 1. The van der Waals surface area contributed by atoms with Crippen molar-refractivity contribution >= 4 is 11.8 Å². The molecule has 0 radical (unpaired) electrons. The zero-order valence-electron chi connectivity index (χ0n) is 10.1. The number of halogens is 1. The Hall–Kier alpha value is -2.31. The number of phenols is 1. The Morgan fingerprint density at radius 2 is 2.11 bits per heavy atom. The van der Waals surface area contributed by atoms with Crippen LogP contribution in [0.5, 0.6) is 17.2 Å². The van der Waals surface area contributed by atoms with Gasteiger partial charge in [0.05, 0.1) is 6.61 Å². The maximum Gasteiger partial charge on any atom is 0.379 e. The number of Topliss-reactive ketones (excluding diaryl/α,β-unsaturated/α-hetero) is 1. The van der Waals surface area contributed by atoms with Gasteiger partial charge in [-0.2, -0.15) is 0 Å². The molecule has 1 aliphatic rings. The van der Waals surface area contributed by atoms with Gasteiger partial charge in [-0.05, 0) is 6.92 Å². The van der Waals surface area contributed by atoms with E-state index < -0.39 is 28.9 Å². The molecule has 0 aromatic heterocycles. The first-order chi connectivity index (χ1) is 9.06. The highest BCUT2D eigenvalue weighted by Crippen LogP contribution is 2.40. The number of hydrogen-bond acceptors (Lipinski definition) is 6. The maximum absolute atomic E-state index is 13.8. The number of carbonyl (C=O) groups is 2. The minimum Gasteiger partial charge on any atom is -0.505 e. The molecular formula is C12H11FO6. The standard InChI is InChI=1S/C12H11FO6/c1-2-17-12(16)10(15)8-9(13)6(14)5-7-11(8)19-4-3-18-7/h5,14H,2-4H2,1H3. The molecule has 1 aromatic rings. The smallest absolute Gasteiger partial charge is 0.379 e. The van der Waals surface area contributed by atoms with Crippen molar-refractivity contribution in [1.82, 2.24) is 0 Å². The molecule has 0 spiro atoms. The summed E-state index contributed by atoms with van der Waals surface area (Å²) in [5, 5.41) is 9.40. The van der Waals surface area contributed by atoms with E-state index in [9.17, 15) is 19.1 Å². The van der Waals surface area contributed by atoms with E-state index in [4.69, 9.17) is 9.47 Å². The van der Waals surface area contributed by atoms with Crippen LogP contribution >= 0.6 is 0 Å². The van der Waals surface area contributed by atoms with Crippen molar-refractivity contribution in [3.8, 4) is 17.2 Å². The summed E-state index contributed by atoms with van der Waals surface area (Å²) < 4.78 is 28.6. The molecule has 6 nitrogen and oxygen atoms in total. The summed E-state index contributed by atoms with van der Waals surface area (Å²) in [6, 6.07) is 0.992. The Balaban J connectivity index is 2.52. The highest BCUT2D eigenvalue weighted by molar-refractivity contribution is 6.41. The van der Waals surface area contributed by atoms with Crippen molar-refractivity contribution in [1.29, 1.82) is 0 Å². The van der Waals surface area contributed by atoms with Gasteiger partial charge in [-0.15, -0.1) is 0 Å². The lowest BCUT2D eigenvalue weighted by atomic mass is 10.1. The number of phenolic OH excluding ortho intramolecular Hbond substituents is 1. The number of carbonyl (C=O) groups excluding carboxylic acids is 2. The number of fused-ring (bicyclic) bond motifs is 1. The van der Waals surface area contributed by atoms with E-state index in [2.05, 4.69) is 4.74 Å². The van der Waals surface area contributed by atoms with Gasteiger partial charge in [-0.25, -0.2) is 9.18 Å². The first-order valence-electron chi connectivity index (χ1n) is 5.58. The van der Waals surface area contributed by atoms with Crippen LogP contribution in [0.4, 0.5) is 4.39 Å². The topological polar surface area (TPSA) is 82.1 Å². The fraction of sp³-hybridized carbons (Fsp3) is 0.333. The van der Waals surface area contributed by atoms with Crippen LogP contribution in [0, 0.1) is 5.82 Å². The van der Waals surface area contributed by atoms with Crippen molar-refractivity contribution in [2.45, 2.75) is 6.92 Å². The quantitative estimate of drug-likeness (QED) is 0.502. The fourth-order valence-electron chi connectivity index (χ4n) is 1.65. The first kappa shape index (κ1) is 13.1. The monoisotopic (exact) mass is 270 g/mol. The molecule has 0 saturated heterocycles. The largest absolute Gasteiger partial charge is 0.505 e. The number of benzene rings is 1. The normalized spacial score (nSPS) is 12.9. The lowest BCUT2D eigenvalue weighted by molar-refractivity contribution is -0.137. The van der Waals surface area contributed by atoms with Gasteiger partial charge >= 0.3 is 5.97 Å². The second-order valence-electron chi connectivity index (χ2n) is 3.66. The molecule has 0 bridgehead atoms. The van der Waals surface area contributed by atoms with E-state index >= 15 is 0 Å². The molecular weight excluding hydrogens is 259 g/mol. The van der Waals surface area contributed by atoms with Gasteiger partial charge in [0.1, 0.15) is 18.8 Å². The average Bonchev–Trinajstić information content (AvgIpc) is 2.40. The zero-order chi connectivity index (χ0) is 14.0. The van der Waals surface area contributed by atoms with Crippen LogP contribution in [-0.2, 0) is 9.53 Å². The first-order valence-corrected chi connectivity index (χ1v) is 5.58. The van der Waals surface area contributed by atoms with E-state index in [1.54, 1.807) is 0 Å². The molecule has 0 unspecified atom stereocenters. The van der Waals surface area contributed by atoms with Crippen molar-refractivity contribution in [2.75, 3.05) is 19.8 Å². The van der Waals surface area contributed by atoms with Gasteiger partial charge in [-0.1, -0.05) is 0 Å². The Labute approximate surface area is 107 Å². The summed E-state index contributed by atoms with van der Waals surface area (Å²) in [5.41, 5.74) is -0.673. The van der Waals surface area contributed by atoms with Crippen LogP contribution in [0.3, 0.4) is 0 Å². The molecule has 19 heavy (non-hydrogen) atoms. The Morgan fingerprint density at radius 1 is 1.42 bits per heavy atom. The Kier molecular flexibility index (Phi) is 3.55. The molecule has 7 heteroatoms. The van der Waals surface area contributed by atoms with Gasteiger partial charge in [0, 0.05) is 6.07 Å². The van der Waals surface area contributed by atoms with Gasteiger partial charge in [0.2, 0.25) is 0 Å². The minimum atomic E-state index is -1.23. The van der Waals surface area contributed by atoms with Gasteiger partial charge < -0.3 is 19.3 Å². The summed E-state index contributed by atoms with van der Waals surface area (Å²) in [4.78, 5) is 23.2. The molecule has 0 atom stereocenters. The highest BCUT2D eigenvalue weighted by Gasteiger charge is 2.32. The Morgan fingerprint density at radius 3 is 2.79 bits per heavy atom. The van der Waals surface area contributed by atoms with Crippen molar-refractivity contribution < 1.29 is 33.3 Å². The molecule has 1 N–H and O–H groups in total. The van der Waals surface area contributed by atoms with Gasteiger partial charge in [0.15, 0.2) is 23.1 Å². The molecule has 1 aromatic carbocycles. The van der Waals surface area contributed by atoms with Crippen molar-refractivity contribution in [3.05, 3.63) is 17.4 Å². The second kappa shape index (κ2) is 5.13. The predicted octanol–water partition coefficient (Wildman–Crippen LogP) is 1.05. The molecule has 1 aliphatic heterocycles. The molecule has 0 fully saturated rings. The van der Waals surface area contributed by atoms with E-state index in [1.807, 2.05) is 0 Å². The second-order valence-corrected chi connectivity index (χ2v) is 3.66. The van der Waals surface area contributed by atoms with Crippen molar-refractivity contribution in [3.63, 3.8) is 0 Å². The SMILES string of the molecule is CCOC(=O)C(=O)c1c(F)c(O)cc2c1OCCO2. The van der Waals surface area contributed by atoms with Crippen LogP contribution in [0.15, 0.2) is 6.07 Å². The molecule has 0 saturated carbocycles. The average molecular weight is 270 g/mol. The van der Waals surface area contributed by atoms with E-state index in [1.165, 1.54) is 6.92 Å². The molecule has 102 valence electrons. The van der Waals surface area contributed by atoms with E-state index in [0.717, 1.165) is 6.07 Å². The van der Waals surface area contributed by atoms with Gasteiger partial charge in [-0.3, -0.25) is 4.79 Å². The van der Waals surface area contributed by atoms with Gasteiger partial charge in [0.25, 0.3) is 5.78 Å². The third-order valence-corrected chi connectivity index (χ3v) is 2.44. The van der Waals surface area contributed by atoms with E-state index in [0.29, 0.717) is 0 Å². The van der Waals surface area contributed by atoms with Crippen LogP contribution in [0.1, 0.15) is 17.3 Å². The molecule has 2 rings (SSSR count). The minimum absolute atomic E-state index is 0.0119. The predicted molar refractivity (Wildman–Crippen MR) is 60.0 cm³/mol. The molecule has 0 amide bonds. The van der Waals surface area contributed by atoms with Crippen molar-refractivity contribution in [2.24, 2.45) is 0 Å². The van der Waals surface area contributed by atoms with Crippen LogP contribution in [0.2, 0.25) is 0 Å². The van der Waals surface area contributed by atoms with Crippen LogP contribution in [0.25, 0.3) is 0 Å². The zero-order valence-corrected chi connectivity index (χ0v) is 10.1. The lowest BCUT2D eigenvalue weighted by Crippen LogP contribution is -2.23. The van der Waals surface area contributed by atoms with E-state index in [-0.39, 0.29) is 31.3 Å². The number of hydrogen-bond donors (Lipinski definition) is 1. The number of ketones is 1. The summed E-state index contributed by atoms with van der Waals surface area (Å²) in [6.45, 7) is 1.80. The number of rotatable bonds is 3. The number of ether oxygens (including phenoxy) is 3. The Bertz CT molecular complexity index is 540. The highest BCUT2D eigenvalue weighted by atomic mass is 19.1. The number of esters is 1.